The quantitative estimate of drug-likeness (QED) is 0.382. The summed E-state index contributed by atoms with van der Waals surface area (Å²) >= 11 is 0. The highest BCUT2D eigenvalue weighted by Crippen LogP contribution is 2.37. The van der Waals surface area contributed by atoms with E-state index in [2.05, 4.69) is 26.3 Å². The summed E-state index contributed by atoms with van der Waals surface area (Å²) in [7, 11) is 1.42. The molecule has 38 heavy (non-hydrogen) atoms. The fourth-order valence-corrected chi connectivity index (χ4v) is 4.40. The maximum atomic E-state index is 14.6. The number of hydrogen-bond donors (Lipinski definition) is 2. The normalized spacial score (nSPS) is 14.4. The first-order chi connectivity index (χ1) is 18.5. The fraction of sp³-hybridized carbons (Fsp3) is 0.179. The number of methoxy groups -OCH3 is 1. The van der Waals surface area contributed by atoms with Crippen LogP contribution >= 0.6 is 0 Å². The number of rotatable bonds is 7. The van der Waals surface area contributed by atoms with E-state index in [0.717, 1.165) is 12.0 Å². The number of aliphatic hydroxyl groups is 1. The Morgan fingerprint density at radius 2 is 2.13 bits per heavy atom. The zero-order valence-corrected chi connectivity index (χ0v) is 20.4. The number of aromatic nitrogens is 3. The third kappa shape index (κ3) is 4.63. The maximum Gasteiger partial charge on any atom is 0.274 e. The number of hydrogen-bond acceptors (Lipinski definition) is 8. The summed E-state index contributed by atoms with van der Waals surface area (Å²) in [6.07, 6.45) is 5.37. The van der Waals surface area contributed by atoms with Crippen molar-refractivity contribution in [3.05, 3.63) is 84.2 Å². The number of nitrogens with zero attached hydrogens (tertiary/aromatic N) is 5. The van der Waals surface area contributed by atoms with Gasteiger partial charge in [-0.3, -0.25) is 9.78 Å². The van der Waals surface area contributed by atoms with Gasteiger partial charge in [-0.05, 0) is 48.4 Å². The first-order valence-electron chi connectivity index (χ1n) is 11.9. The van der Waals surface area contributed by atoms with Gasteiger partial charge in [0.1, 0.15) is 17.3 Å². The average molecular weight is 511 g/mol. The Bertz CT molecular complexity index is 1550. The minimum Gasteiger partial charge on any atom is -0.496 e. The maximum absolute atomic E-state index is 14.6. The van der Waals surface area contributed by atoms with Crippen LogP contribution in [-0.4, -0.2) is 52.3 Å². The van der Waals surface area contributed by atoms with Crippen molar-refractivity contribution in [2.45, 2.75) is 12.5 Å². The molecule has 3 heterocycles. The van der Waals surface area contributed by atoms with Crippen molar-refractivity contribution in [1.82, 2.24) is 15.0 Å². The van der Waals surface area contributed by atoms with Gasteiger partial charge in [-0.2, -0.15) is 5.26 Å². The lowest BCUT2D eigenvalue weighted by Gasteiger charge is -2.43. The number of nitriles is 1. The number of carbonyl (C=O) groups is 1. The lowest BCUT2D eigenvalue weighted by atomic mass is 9.97. The highest BCUT2D eigenvalue weighted by molar-refractivity contribution is 6.05. The molecule has 0 spiro atoms. The molecular formula is C28H23FN6O3. The van der Waals surface area contributed by atoms with Gasteiger partial charge in [0.25, 0.3) is 5.91 Å². The van der Waals surface area contributed by atoms with Gasteiger partial charge >= 0.3 is 0 Å². The van der Waals surface area contributed by atoms with E-state index < -0.39 is 11.7 Å². The molecular weight excluding hydrogens is 487 g/mol. The Balaban J connectivity index is 1.50. The SMILES string of the molecule is COc1cccc(F)c1-c1nccc(C(=O)Nc2ccc(-c3cnccc3C#N)cc2N2CC[C@H]2CO)n1. The highest BCUT2D eigenvalue weighted by atomic mass is 19.1. The molecule has 1 fully saturated rings. The predicted octanol–water partition coefficient (Wildman–Crippen LogP) is 4.05. The molecule has 2 aromatic heterocycles. The van der Waals surface area contributed by atoms with Gasteiger partial charge in [-0.25, -0.2) is 14.4 Å². The lowest BCUT2D eigenvalue weighted by molar-refractivity contribution is 0.102. The van der Waals surface area contributed by atoms with Crippen molar-refractivity contribution in [3.8, 4) is 34.3 Å². The number of aliphatic hydroxyl groups excluding tert-OH is 1. The van der Waals surface area contributed by atoms with Crippen molar-refractivity contribution in [2.24, 2.45) is 0 Å². The van der Waals surface area contributed by atoms with Crippen molar-refractivity contribution >= 4 is 17.3 Å². The van der Waals surface area contributed by atoms with E-state index in [0.29, 0.717) is 29.0 Å². The van der Waals surface area contributed by atoms with E-state index in [1.54, 1.807) is 36.7 Å². The summed E-state index contributed by atoms with van der Waals surface area (Å²) in [5.74, 6) is -0.815. The molecule has 1 aliphatic heterocycles. The van der Waals surface area contributed by atoms with Gasteiger partial charge in [0, 0.05) is 30.7 Å². The van der Waals surface area contributed by atoms with Crippen LogP contribution in [0.3, 0.4) is 0 Å². The average Bonchev–Trinajstić information content (AvgIpc) is 2.93. The minimum atomic E-state index is -0.570. The van der Waals surface area contributed by atoms with Crippen molar-refractivity contribution < 1.29 is 19.0 Å². The van der Waals surface area contributed by atoms with Crippen molar-refractivity contribution in [3.63, 3.8) is 0 Å². The number of carbonyl (C=O) groups excluding carboxylic acids is 1. The lowest BCUT2D eigenvalue weighted by Crippen LogP contribution is -2.50. The number of nitrogens with one attached hydrogen (secondary N) is 1. The molecule has 9 nitrogen and oxygen atoms in total. The number of ether oxygens (including phenoxy) is 1. The molecule has 0 bridgehead atoms. The molecule has 4 aromatic rings. The Labute approximate surface area is 218 Å². The molecule has 1 atom stereocenters. The second-order valence-electron chi connectivity index (χ2n) is 8.62. The van der Waals surface area contributed by atoms with Gasteiger partial charge in [-0.15, -0.1) is 0 Å². The van der Waals surface area contributed by atoms with Crippen LogP contribution in [0.4, 0.5) is 15.8 Å². The van der Waals surface area contributed by atoms with Crippen LogP contribution < -0.4 is 15.0 Å². The molecule has 0 saturated carbocycles. The standard InChI is InChI=1S/C28H23FN6O3/c1-38-25-4-2-3-21(29)26(25)27-32-11-8-23(33-27)28(37)34-22-6-5-17(20-15-31-10-7-18(20)14-30)13-24(22)35-12-9-19(35)16-36/h2-8,10-11,13,15,19,36H,9,12,16H2,1H3,(H,34,37)/t19-/m0/s1. The summed E-state index contributed by atoms with van der Waals surface area (Å²) < 4.78 is 19.8. The van der Waals surface area contributed by atoms with Crippen LogP contribution in [0.2, 0.25) is 0 Å². The van der Waals surface area contributed by atoms with E-state index in [9.17, 15) is 19.6 Å². The van der Waals surface area contributed by atoms with E-state index in [-0.39, 0.29) is 35.5 Å². The van der Waals surface area contributed by atoms with Crippen molar-refractivity contribution in [2.75, 3.05) is 30.5 Å². The summed E-state index contributed by atoms with van der Waals surface area (Å²) in [6.45, 7) is 0.661. The topological polar surface area (TPSA) is 124 Å². The molecule has 1 amide bonds. The number of benzene rings is 2. The zero-order valence-electron chi connectivity index (χ0n) is 20.4. The second kappa shape index (κ2) is 10.6. The third-order valence-corrected chi connectivity index (χ3v) is 6.47. The number of pyridine rings is 1. The third-order valence-electron chi connectivity index (χ3n) is 6.47. The number of anilines is 2. The van der Waals surface area contributed by atoms with E-state index in [1.165, 1.54) is 31.5 Å². The first kappa shape index (κ1) is 24.8. The molecule has 0 aliphatic carbocycles. The predicted molar refractivity (Wildman–Crippen MR) is 139 cm³/mol. The Kier molecular flexibility index (Phi) is 6.93. The smallest absolute Gasteiger partial charge is 0.274 e. The van der Waals surface area contributed by atoms with Gasteiger partial charge < -0.3 is 20.1 Å². The summed E-state index contributed by atoms with van der Waals surface area (Å²) in [5, 5.41) is 22.2. The highest BCUT2D eigenvalue weighted by Gasteiger charge is 2.30. The molecule has 2 N–H and O–H groups in total. The molecule has 0 radical (unpaired) electrons. The molecule has 10 heteroatoms. The fourth-order valence-electron chi connectivity index (χ4n) is 4.40. The van der Waals surface area contributed by atoms with E-state index >= 15 is 0 Å². The summed E-state index contributed by atoms with van der Waals surface area (Å²) in [4.78, 5) is 27.9. The van der Waals surface area contributed by atoms with Gasteiger partial charge in [-0.1, -0.05) is 12.1 Å². The van der Waals surface area contributed by atoms with Crippen LogP contribution in [0.15, 0.2) is 67.1 Å². The van der Waals surface area contributed by atoms with Gasteiger partial charge in [0.05, 0.1) is 48.3 Å². The van der Waals surface area contributed by atoms with Crippen LogP contribution in [0.1, 0.15) is 22.5 Å². The van der Waals surface area contributed by atoms with Crippen LogP contribution in [-0.2, 0) is 0 Å². The minimum absolute atomic E-state index is 0.0202. The monoisotopic (exact) mass is 510 g/mol. The Hall–Kier alpha value is -4.88. The molecule has 1 saturated heterocycles. The first-order valence-corrected chi connectivity index (χ1v) is 11.9. The molecule has 190 valence electrons. The Morgan fingerprint density at radius 1 is 1.26 bits per heavy atom. The Morgan fingerprint density at radius 3 is 2.87 bits per heavy atom. The van der Waals surface area contributed by atoms with Crippen LogP contribution in [0.5, 0.6) is 5.75 Å². The molecule has 2 aromatic carbocycles. The van der Waals surface area contributed by atoms with Gasteiger partial charge in [0.15, 0.2) is 5.82 Å². The van der Waals surface area contributed by atoms with Crippen molar-refractivity contribution in [1.29, 1.82) is 5.26 Å². The number of halogens is 1. The summed E-state index contributed by atoms with van der Waals surface area (Å²) in [6, 6.07) is 14.9. The molecule has 1 aliphatic rings. The number of amides is 1. The van der Waals surface area contributed by atoms with E-state index in [1.807, 2.05) is 11.0 Å². The summed E-state index contributed by atoms with van der Waals surface area (Å²) in [5.41, 5.74) is 3.18. The largest absolute Gasteiger partial charge is 0.496 e. The second-order valence-corrected chi connectivity index (χ2v) is 8.62. The molecule has 5 rings (SSSR count). The van der Waals surface area contributed by atoms with Gasteiger partial charge in [0.2, 0.25) is 0 Å². The van der Waals surface area contributed by atoms with Crippen LogP contribution in [0, 0.1) is 17.1 Å². The van der Waals surface area contributed by atoms with E-state index in [4.69, 9.17) is 4.74 Å². The zero-order chi connectivity index (χ0) is 26.6. The van der Waals surface area contributed by atoms with Crippen LogP contribution in [0.25, 0.3) is 22.5 Å². The molecule has 0 unspecified atom stereocenters.